The number of aromatic nitrogens is 2. The zero-order valence-electron chi connectivity index (χ0n) is 12.3. The molecule has 0 aliphatic carbocycles. The minimum Gasteiger partial charge on any atom is -0.465 e. The number of furan rings is 1. The third-order valence-corrected chi connectivity index (χ3v) is 3.87. The Morgan fingerprint density at radius 3 is 3.00 bits per heavy atom. The Labute approximate surface area is 119 Å². The molecule has 0 fully saturated rings. The van der Waals surface area contributed by atoms with Crippen molar-refractivity contribution in [1.29, 1.82) is 0 Å². The van der Waals surface area contributed by atoms with Gasteiger partial charge in [-0.05, 0) is 19.1 Å². The van der Waals surface area contributed by atoms with Gasteiger partial charge in [-0.25, -0.2) is 0 Å². The van der Waals surface area contributed by atoms with Crippen molar-refractivity contribution in [2.45, 2.75) is 25.9 Å². The lowest BCUT2D eigenvalue weighted by Crippen LogP contribution is -2.35. The Bertz CT molecular complexity index is 588. The molecule has 2 aromatic heterocycles. The van der Waals surface area contributed by atoms with Gasteiger partial charge in [0.25, 0.3) is 0 Å². The smallest absolute Gasteiger partial charge is 0.118 e. The van der Waals surface area contributed by atoms with Crippen LogP contribution < -0.4 is 0 Å². The summed E-state index contributed by atoms with van der Waals surface area (Å²) in [5.74, 6) is 2.35. The summed E-state index contributed by atoms with van der Waals surface area (Å²) in [7, 11) is 3.76. The summed E-state index contributed by atoms with van der Waals surface area (Å²) in [6.45, 7) is 5.43. The van der Waals surface area contributed by atoms with Crippen LogP contribution in [0.15, 0.2) is 22.7 Å². The Morgan fingerprint density at radius 1 is 1.45 bits per heavy atom. The minimum atomic E-state index is 0.368. The second-order valence-electron chi connectivity index (χ2n) is 5.51. The number of hydrogen-bond acceptors (Lipinski definition) is 4. The van der Waals surface area contributed by atoms with E-state index in [1.54, 1.807) is 7.11 Å². The highest BCUT2D eigenvalue weighted by Crippen LogP contribution is 2.29. The summed E-state index contributed by atoms with van der Waals surface area (Å²) in [5, 5.41) is 4.39. The maximum absolute atomic E-state index is 5.68. The predicted octanol–water partition coefficient (Wildman–Crippen LogP) is 2.07. The molecule has 0 spiro atoms. The SMILES string of the molecule is COC[C@H]1CN(Cc2ccc(C)o2)Cc2cnn(C)c21. The molecule has 0 bridgehead atoms. The predicted molar refractivity (Wildman–Crippen MR) is 75.4 cm³/mol. The molecule has 5 heteroatoms. The van der Waals surface area contributed by atoms with Gasteiger partial charge in [0.05, 0.1) is 19.3 Å². The third kappa shape index (κ3) is 2.51. The van der Waals surface area contributed by atoms with Crippen LogP contribution in [0.4, 0.5) is 0 Å². The summed E-state index contributed by atoms with van der Waals surface area (Å²) < 4.78 is 13.0. The van der Waals surface area contributed by atoms with Gasteiger partial charge < -0.3 is 9.15 Å². The molecule has 0 aromatic carbocycles. The Kier molecular flexibility index (Phi) is 3.63. The van der Waals surface area contributed by atoms with E-state index in [0.717, 1.165) is 37.8 Å². The molecule has 3 rings (SSSR count). The first-order valence-electron chi connectivity index (χ1n) is 6.94. The zero-order chi connectivity index (χ0) is 14.1. The lowest BCUT2D eigenvalue weighted by molar-refractivity contribution is 0.128. The van der Waals surface area contributed by atoms with Gasteiger partial charge >= 0.3 is 0 Å². The first-order valence-corrected chi connectivity index (χ1v) is 6.94. The molecule has 3 heterocycles. The molecule has 0 saturated carbocycles. The number of ether oxygens (including phenoxy) is 1. The molecule has 1 atom stereocenters. The van der Waals surface area contributed by atoms with Crippen LogP contribution in [0.2, 0.25) is 0 Å². The topological polar surface area (TPSA) is 43.4 Å². The Balaban J connectivity index is 1.79. The second-order valence-corrected chi connectivity index (χ2v) is 5.51. The van der Waals surface area contributed by atoms with Crippen molar-refractivity contribution >= 4 is 0 Å². The van der Waals surface area contributed by atoms with E-state index in [1.807, 2.05) is 30.9 Å². The summed E-state index contributed by atoms with van der Waals surface area (Å²) in [6, 6.07) is 4.07. The van der Waals surface area contributed by atoms with Crippen molar-refractivity contribution in [3.05, 3.63) is 41.1 Å². The van der Waals surface area contributed by atoms with Crippen LogP contribution in [0.25, 0.3) is 0 Å². The lowest BCUT2D eigenvalue weighted by Gasteiger charge is -2.32. The fourth-order valence-electron chi connectivity index (χ4n) is 3.09. The molecule has 2 aromatic rings. The van der Waals surface area contributed by atoms with Gasteiger partial charge in [-0.15, -0.1) is 0 Å². The molecule has 5 nitrogen and oxygen atoms in total. The first-order chi connectivity index (χ1) is 9.67. The maximum Gasteiger partial charge on any atom is 0.118 e. The van der Waals surface area contributed by atoms with E-state index in [4.69, 9.17) is 9.15 Å². The average Bonchev–Trinajstić information content (AvgIpc) is 2.97. The van der Waals surface area contributed by atoms with E-state index >= 15 is 0 Å². The number of methoxy groups -OCH3 is 1. The summed E-state index contributed by atoms with van der Waals surface area (Å²) in [4.78, 5) is 2.39. The number of fused-ring (bicyclic) bond motifs is 1. The fraction of sp³-hybridized carbons (Fsp3) is 0.533. The van der Waals surface area contributed by atoms with Gasteiger partial charge in [0.15, 0.2) is 0 Å². The molecule has 0 saturated heterocycles. The molecule has 0 N–H and O–H groups in total. The van der Waals surface area contributed by atoms with Gasteiger partial charge in [0.1, 0.15) is 11.5 Å². The first kappa shape index (κ1) is 13.4. The molecule has 0 amide bonds. The monoisotopic (exact) mass is 275 g/mol. The number of rotatable bonds is 4. The van der Waals surface area contributed by atoms with Crippen LogP contribution in [0.1, 0.15) is 28.7 Å². The molecule has 0 radical (unpaired) electrons. The van der Waals surface area contributed by atoms with Crippen LogP contribution >= 0.6 is 0 Å². The Morgan fingerprint density at radius 2 is 2.30 bits per heavy atom. The summed E-state index contributed by atoms with van der Waals surface area (Å²) >= 11 is 0. The van der Waals surface area contributed by atoms with Crippen molar-refractivity contribution in [3.63, 3.8) is 0 Å². The molecule has 0 unspecified atom stereocenters. The second kappa shape index (κ2) is 5.42. The van der Waals surface area contributed by atoms with Crippen molar-refractivity contribution < 1.29 is 9.15 Å². The van der Waals surface area contributed by atoms with E-state index in [2.05, 4.69) is 16.1 Å². The number of hydrogen-bond donors (Lipinski definition) is 0. The quantitative estimate of drug-likeness (QED) is 0.856. The number of aryl methyl sites for hydroxylation is 2. The molecule has 1 aliphatic heterocycles. The van der Waals surface area contributed by atoms with Crippen molar-refractivity contribution in [2.24, 2.45) is 7.05 Å². The molecule has 108 valence electrons. The van der Waals surface area contributed by atoms with Crippen LogP contribution in [0.5, 0.6) is 0 Å². The van der Waals surface area contributed by atoms with Crippen molar-refractivity contribution in [1.82, 2.24) is 14.7 Å². The zero-order valence-corrected chi connectivity index (χ0v) is 12.3. The van der Waals surface area contributed by atoms with Crippen LogP contribution in [-0.2, 0) is 24.9 Å². The number of nitrogens with zero attached hydrogens (tertiary/aromatic N) is 3. The van der Waals surface area contributed by atoms with Gasteiger partial charge in [0, 0.05) is 44.4 Å². The molecule has 1 aliphatic rings. The van der Waals surface area contributed by atoms with Crippen molar-refractivity contribution in [2.75, 3.05) is 20.3 Å². The molecular formula is C15H21N3O2. The van der Waals surface area contributed by atoms with Gasteiger partial charge in [-0.1, -0.05) is 0 Å². The summed E-state index contributed by atoms with van der Waals surface area (Å²) in [5.41, 5.74) is 2.60. The Hall–Kier alpha value is -1.59. The average molecular weight is 275 g/mol. The maximum atomic E-state index is 5.68. The van der Waals surface area contributed by atoms with Crippen molar-refractivity contribution in [3.8, 4) is 0 Å². The fourth-order valence-corrected chi connectivity index (χ4v) is 3.09. The lowest BCUT2D eigenvalue weighted by atomic mass is 9.97. The minimum absolute atomic E-state index is 0.368. The summed E-state index contributed by atoms with van der Waals surface area (Å²) in [6.07, 6.45) is 1.97. The molecular weight excluding hydrogens is 254 g/mol. The van der Waals surface area contributed by atoms with E-state index < -0.39 is 0 Å². The largest absolute Gasteiger partial charge is 0.465 e. The van der Waals surface area contributed by atoms with Crippen LogP contribution in [0, 0.1) is 6.92 Å². The highest BCUT2D eigenvalue weighted by Gasteiger charge is 2.28. The van der Waals surface area contributed by atoms with E-state index in [-0.39, 0.29) is 0 Å². The highest BCUT2D eigenvalue weighted by atomic mass is 16.5. The molecule has 20 heavy (non-hydrogen) atoms. The normalized spacial score (nSPS) is 19.2. The van der Waals surface area contributed by atoms with Gasteiger partial charge in [0.2, 0.25) is 0 Å². The van der Waals surface area contributed by atoms with Gasteiger partial charge in [-0.2, -0.15) is 5.10 Å². The van der Waals surface area contributed by atoms with E-state index in [9.17, 15) is 0 Å². The highest BCUT2D eigenvalue weighted by molar-refractivity contribution is 5.25. The van der Waals surface area contributed by atoms with Crippen LogP contribution in [-0.4, -0.2) is 34.9 Å². The van der Waals surface area contributed by atoms with E-state index in [0.29, 0.717) is 5.92 Å². The third-order valence-electron chi connectivity index (χ3n) is 3.87. The van der Waals surface area contributed by atoms with E-state index in [1.165, 1.54) is 11.3 Å². The van der Waals surface area contributed by atoms with Crippen LogP contribution in [0.3, 0.4) is 0 Å². The standard InChI is InChI=1S/C15H21N3O2/c1-11-4-5-14(20-11)9-18-7-12-6-16-17(2)15(12)13(8-18)10-19-3/h4-6,13H,7-10H2,1-3H3/t13-/m1/s1. The van der Waals surface area contributed by atoms with Gasteiger partial charge in [-0.3, -0.25) is 9.58 Å².